The number of pyridine rings is 1. The Bertz CT molecular complexity index is 1370. The molecule has 1 unspecified atom stereocenters. The molecule has 4 aromatic rings. The van der Waals surface area contributed by atoms with Crippen LogP contribution in [0.4, 0.5) is 20.3 Å². The summed E-state index contributed by atoms with van der Waals surface area (Å²) in [5.41, 5.74) is 2.03. The first-order chi connectivity index (χ1) is 16.9. The van der Waals surface area contributed by atoms with Crippen LogP contribution in [0, 0.1) is 11.6 Å². The second kappa shape index (κ2) is 10.1. The van der Waals surface area contributed by atoms with Gasteiger partial charge >= 0.3 is 0 Å². The Hall–Kier alpha value is -2.69. The van der Waals surface area contributed by atoms with Crippen molar-refractivity contribution in [1.29, 1.82) is 0 Å². The Morgan fingerprint density at radius 1 is 1.00 bits per heavy atom. The third kappa shape index (κ3) is 4.87. The summed E-state index contributed by atoms with van der Waals surface area (Å²) in [5.74, 6) is -1.31. The molecule has 35 heavy (non-hydrogen) atoms. The van der Waals surface area contributed by atoms with Gasteiger partial charge in [0.2, 0.25) is 0 Å². The fourth-order valence-electron chi connectivity index (χ4n) is 4.10. The number of amides is 1. The maximum Gasteiger partial charge on any atom is 0.256 e. The average Bonchev–Trinajstić information content (AvgIpc) is 3.21. The zero-order valence-corrected chi connectivity index (χ0v) is 22.0. The van der Waals surface area contributed by atoms with Crippen LogP contribution in [0.25, 0.3) is 22.3 Å². The summed E-state index contributed by atoms with van der Waals surface area (Å²) in [4.78, 5) is 22.0. The van der Waals surface area contributed by atoms with Gasteiger partial charge in [0.15, 0.2) is 11.5 Å². The van der Waals surface area contributed by atoms with Crippen LogP contribution in [0.2, 0.25) is 0 Å². The maximum absolute atomic E-state index is 14.3. The number of halogens is 3. The molecule has 5 rings (SSSR count). The van der Waals surface area contributed by atoms with Gasteiger partial charge in [0.05, 0.1) is 23.0 Å². The number of nitrogens with one attached hydrogen (secondary N) is 1. The van der Waals surface area contributed by atoms with E-state index < -0.39 is 11.6 Å². The van der Waals surface area contributed by atoms with Crippen molar-refractivity contribution >= 4 is 56.9 Å². The number of aromatic nitrogens is 3. The summed E-state index contributed by atoms with van der Waals surface area (Å²) in [6.45, 7) is 3.92. The lowest BCUT2D eigenvalue weighted by Gasteiger charge is -2.34. The second-order valence-electron chi connectivity index (χ2n) is 8.30. The van der Waals surface area contributed by atoms with Crippen molar-refractivity contribution in [3.63, 3.8) is 0 Å². The third-order valence-electron chi connectivity index (χ3n) is 6.06. The number of piperazine rings is 1. The molecule has 1 aliphatic rings. The first-order valence-electron chi connectivity index (χ1n) is 11.0. The van der Waals surface area contributed by atoms with Crippen molar-refractivity contribution < 1.29 is 13.6 Å². The molecular weight excluding hydrogens is 584 g/mol. The smallest absolute Gasteiger partial charge is 0.256 e. The molecule has 0 spiro atoms. The van der Waals surface area contributed by atoms with E-state index >= 15 is 0 Å². The van der Waals surface area contributed by atoms with Gasteiger partial charge in [-0.25, -0.2) is 18.2 Å². The molecule has 11 heteroatoms. The van der Waals surface area contributed by atoms with Gasteiger partial charge in [-0.15, -0.1) is 5.10 Å². The van der Waals surface area contributed by atoms with Crippen LogP contribution in [-0.4, -0.2) is 58.6 Å². The average molecular weight is 606 g/mol. The lowest BCUT2D eigenvalue weighted by atomic mass is 10.1. The molecule has 1 amide bonds. The van der Waals surface area contributed by atoms with E-state index in [1.807, 2.05) is 12.1 Å². The number of rotatable bonds is 5. The van der Waals surface area contributed by atoms with Gasteiger partial charge in [-0.2, -0.15) is 0 Å². The number of anilines is 2. The van der Waals surface area contributed by atoms with Crippen molar-refractivity contribution in [2.45, 2.75) is 0 Å². The van der Waals surface area contributed by atoms with Gasteiger partial charge < -0.3 is 15.1 Å². The molecule has 180 valence electrons. The van der Waals surface area contributed by atoms with Gasteiger partial charge in [0, 0.05) is 37.4 Å². The molecule has 0 saturated carbocycles. The van der Waals surface area contributed by atoms with Crippen LogP contribution in [0.15, 0.2) is 54.6 Å². The molecule has 1 aliphatic heterocycles. The largest absolute Gasteiger partial charge is 0.369 e. The van der Waals surface area contributed by atoms with Gasteiger partial charge in [-0.05, 0) is 77.6 Å². The number of nitrogens with zero attached hydrogens (tertiary/aromatic N) is 5. The summed E-state index contributed by atoms with van der Waals surface area (Å²) in [5, 5.41) is 7.94. The molecule has 2 aromatic carbocycles. The lowest BCUT2D eigenvalue weighted by molar-refractivity contribution is 0.102. The fraction of sp³-hybridized carbons (Fsp3) is 0.208. The van der Waals surface area contributed by atoms with Crippen LogP contribution in [0.5, 0.6) is 0 Å². The molecule has 0 bridgehead atoms. The van der Waals surface area contributed by atoms with Crippen LogP contribution in [0.1, 0.15) is 10.4 Å². The summed E-state index contributed by atoms with van der Waals surface area (Å²) < 4.78 is 30.2. The number of carbonyl (C=O) groups is 1. The van der Waals surface area contributed by atoms with E-state index in [9.17, 15) is 13.6 Å². The minimum Gasteiger partial charge on any atom is -0.369 e. The first-order valence-corrected chi connectivity index (χ1v) is 15.1. The number of hydrogen-bond acceptors (Lipinski definition) is 5. The highest BCUT2D eigenvalue weighted by molar-refractivity contribution is 14.2. The molecule has 3 heterocycles. The topological polar surface area (TPSA) is 66.3 Å². The van der Waals surface area contributed by atoms with Crippen molar-refractivity contribution in [2.75, 3.05) is 43.4 Å². The highest BCUT2D eigenvalue weighted by Gasteiger charge is 2.19. The van der Waals surface area contributed by atoms with E-state index in [-0.39, 0.29) is 23.5 Å². The van der Waals surface area contributed by atoms with Crippen LogP contribution in [0.3, 0.4) is 0 Å². The second-order valence-corrected chi connectivity index (χ2v) is 10.3. The number of fused-ring (bicyclic) bond motifs is 1. The zero-order chi connectivity index (χ0) is 24.5. The minimum absolute atomic E-state index is 0.168. The van der Waals surface area contributed by atoms with Gasteiger partial charge in [-0.3, -0.25) is 4.79 Å². The predicted molar refractivity (Wildman–Crippen MR) is 145 cm³/mol. The number of likely N-dealkylation sites (N-methyl/N-ethyl adjacent to an activating group) is 1. The molecular formula is C24H22F2IN6OP. The van der Waals surface area contributed by atoms with Crippen LogP contribution < -0.4 is 10.2 Å². The van der Waals surface area contributed by atoms with E-state index in [0.717, 1.165) is 31.9 Å². The van der Waals surface area contributed by atoms with Gasteiger partial charge in [-0.1, -0.05) is 6.07 Å². The summed E-state index contributed by atoms with van der Waals surface area (Å²) in [6, 6.07) is 14.4. The molecule has 1 saturated heterocycles. The Balaban J connectivity index is 1.39. The quantitative estimate of drug-likeness (QED) is 0.251. The molecule has 0 aliphatic carbocycles. The Labute approximate surface area is 215 Å². The number of carbonyl (C=O) groups excluding carboxylic acids is 1. The van der Waals surface area contributed by atoms with Gasteiger partial charge in [0.1, 0.15) is 11.6 Å². The summed E-state index contributed by atoms with van der Waals surface area (Å²) >= 11 is 2.15. The highest BCUT2D eigenvalue weighted by atomic mass is 127. The third-order valence-corrected chi connectivity index (χ3v) is 7.90. The van der Waals surface area contributed by atoms with Gasteiger partial charge in [0.25, 0.3) is 5.91 Å². The van der Waals surface area contributed by atoms with Crippen LogP contribution in [-0.2, 0) is 0 Å². The van der Waals surface area contributed by atoms with E-state index in [1.54, 1.807) is 22.7 Å². The van der Waals surface area contributed by atoms with E-state index in [4.69, 9.17) is 0 Å². The molecule has 1 fully saturated rings. The highest BCUT2D eigenvalue weighted by Crippen LogP contribution is 2.34. The van der Waals surface area contributed by atoms with Crippen LogP contribution >= 0.6 is 28.4 Å². The monoisotopic (exact) mass is 606 g/mol. The Kier molecular flexibility index (Phi) is 6.95. The minimum atomic E-state index is -0.687. The number of benzene rings is 2. The predicted octanol–water partition coefficient (Wildman–Crippen LogP) is 5.17. The lowest BCUT2D eigenvalue weighted by Crippen LogP contribution is -2.44. The molecule has 7 nitrogen and oxygen atoms in total. The maximum atomic E-state index is 14.3. The van der Waals surface area contributed by atoms with E-state index in [0.29, 0.717) is 22.4 Å². The standard InChI is InChI=1S/C24H22F2IN6OP/c1-31-11-13-32(14-12-31)16-7-5-15(6-8-16)24(34)29-22-17-9-10-20(28-23(17)33(30-22)35-27)21-18(25)3-2-4-19(21)26/h2-10,35H,11-14H2,1H3,(H,29,30,34). The van der Waals surface area contributed by atoms with E-state index in [1.165, 1.54) is 24.3 Å². The number of hydrogen-bond donors (Lipinski definition) is 1. The first kappa shape index (κ1) is 24.0. The van der Waals surface area contributed by atoms with Crippen molar-refractivity contribution in [1.82, 2.24) is 19.4 Å². The normalized spacial score (nSPS) is 14.8. The SMILES string of the molecule is CN1CCN(c2ccc(C(=O)Nc3nn(PI)c4nc(-c5c(F)cccc5F)ccc34)cc2)CC1. The fourth-order valence-corrected chi connectivity index (χ4v) is 5.49. The zero-order valence-electron chi connectivity index (χ0n) is 18.8. The van der Waals surface area contributed by atoms with E-state index in [2.05, 4.69) is 54.3 Å². The molecule has 1 atom stereocenters. The Morgan fingerprint density at radius 2 is 1.69 bits per heavy atom. The Morgan fingerprint density at radius 3 is 2.34 bits per heavy atom. The summed E-state index contributed by atoms with van der Waals surface area (Å²) in [6.07, 6.45) is 0.180. The molecule has 1 N–H and O–H groups in total. The van der Waals surface area contributed by atoms with Crippen molar-refractivity contribution in [3.05, 3.63) is 71.8 Å². The molecule has 2 aromatic heterocycles. The summed E-state index contributed by atoms with van der Waals surface area (Å²) in [7, 11) is 2.11. The molecule has 0 radical (unpaired) electrons. The van der Waals surface area contributed by atoms with Crippen molar-refractivity contribution in [3.8, 4) is 11.3 Å². The van der Waals surface area contributed by atoms with Crippen molar-refractivity contribution in [2.24, 2.45) is 0 Å².